The van der Waals surface area contributed by atoms with E-state index in [0.717, 1.165) is 69.5 Å². The lowest BCUT2D eigenvalue weighted by Gasteiger charge is -2.38. The lowest BCUT2D eigenvalue weighted by Crippen LogP contribution is -2.39. The third-order valence-electron chi connectivity index (χ3n) is 8.38. The molecule has 0 radical (unpaired) electrons. The van der Waals surface area contributed by atoms with Gasteiger partial charge >= 0.3 is 0 Å². The zero-order chi connectivity index (χ0) is 31.1. The Morgan fingerprint density at radius 1 is 0.953 bits per heavy atom. The molecule has 0 aliphatic carbocycles. The Balaban J connectivity index is 1.79. The molecule has 0 unspecified atom stereocenters. The Labute approximate surface area is 258 Å². The Bertz CT molecular complexity index is 1380. The summed E-state index contributed by atoms with van der Waals surface area (Å²) < 4.78 is 30.2. The highest BCUT2D eigenvalue weighted by Gasteiger charge is 2.31. The predicted molar refractivity (Wildman–Crippen MR) is 177 cm³/mol. The Morgan fingerprint density at radius 2 is 1.60 bits per heavy atom. The van der Waals surface area contributed by atoms with Gasteiger partial charge in [0, 0.05) is 68.4 Å². The van der Waals surface area contributed by atoms with Crippen molar-refractivity contribution in [1.29, 1.82) is 0 Å². The van der Waals surface area contributed by atoms with Crippen LogP contribution in [0.2, 0.25) is 0 Å². The molecule has 10 heteroatoms. The zero-order valence-corrected chi connectivity index (χ0v) is 27.4. The van der Waals surface area contributed by atoms with Gasteiger partial charge in [0.2, 0.25) is 10.0 Å². The number of rotatable bonds is 12. The molecule has 0 aromatic heterocycles. The molecular weight excluding hydrogens is 562 g/mol. The van der Waals surface area contributed by atoms with Gasteiger partial charge < -0.3 is 9.80 Å². The second kappa shape index (κ2) is 14.7. The number of non-ortho nitro benzene ring substituents is 1. The number of hydrogen-bond donors (Lipinski definition) is 0. The summed E-state index contributed by atoms with van der Waals surface area (Å²) in [5.41, 5.74) is 2.85. The van der Waals surface area contributed by atoms with Gasteiger partial charge in [-0.2, -0.15) is 4.31 Å². The number of sulfonamides is 1. The first-order chi connectivity index (χ1) is 20.5. The standard InChI is InChI=1S/C33H49N5O4S/c1-6-29-12-8-11-19-37(29)31-16-14-30(38(39)40)20-27(31)22-34-28-13-15-32(35-17-9-7-10-18-35)33(21-28)43(41,42)36(23-25(2)3)24-26(4)5/h13-16,20-22,25-26,29H,6-12,17-19,23-24H2,1-5H3/t29-/m0/s1. The number of nitro benzene ring substituents is 1. The highest BCUT2D eigenvalue weighted by Crippen LogP contribution is 2.35. The molecule has 0 spiro atoms. The molecule has 0 amide bonds. The van der Waals surface area contributed by atoms with Crippen LogP contribution in [0, 0.1) is 22.0 Å². The van der Waals surface area contributed by atoms with E-state index >= 15 is 0 Å². The number of nitro groups is 1. The van der Waals surface area contributed by atoms with Crippen molar-refractivity contribution >= 4 is 39.0 Å². The Morgan fingerprint density at radius 3 is 2.23 bits per heavy atom. The number of nitrogens with zero attached hydrogens (tertiary/aromatic N) is 5. The maximum atomic E-state index is 14.3. The molecule has 2 fully saturated rings. The molecule has 0 N–H and O–H groups in total. The summed E-state index contributed by atoms with van der Waals surface area (Å²) in [6.07, 6.45) is 9.22. The molecule has 4 rings (SSSR count). The fourth-order valence-electron chi connectivity index (χ4n) is 6.32. The van der Waals surface area contributed by atoms with Crippen LogP contribution in [0.5, 0.6) is 0 Å². The van der Waals surface area contributed by atoms with Crippen molar-refractivity contribution in [2.75, 3.05) is 42.5 Å². The largest absolute Gasteiger partial charge is 0.370 e. The van der Waals surface area contributed by atoms with E-state index in [1.165, 1.54) is 6.42 Å². The molecule has 2 aromatic rings. The van der Waals surface area contributed by atoms with Crippen molar-refractivity contribution in [2.45, 2.75) is 90.5 Å². The lowest BCUT2D eigenvalue weighted by atomic mass is 9.98. The van der Waals surface area contributed by atoms with E-state index in [4.69, 9.17) is 4.99 Å². The van der Waals surface area contributed by atoms with Crippen LogP contribution in [0.3, 0.4) is 0 Å². The van der Waals surface area contributed by atoms with Gasteiger partial charge in [-0.05, 0) is 81.0 Å². The molecule has 9 nitrogen and oxygen atoms in total. The van der Waals surface area contributed by atoms with Crippen molar-refractivity contribution in [3.8, 4) is 0 Å². The van der Waals surface area contributed by atoms with E-state index < -0.39 is 10.0 Å². The molecule has 2 heterocycles. The molecule has 2 aromatic carbocycles. The summed E-state index contributed by atoms with van der Waals surface area (Å²) in [6, 6.07) is 10.8. The summed E-state index contributed by atoms with van der Waals surface area (Å²) in [6.45, 7) is 13.8. The van der Waals surface area contributed by atoms with Crippen molar-refractivity contribution in [3.63, 3.8) is 0 Å². The first-order valence-electron chi connectivity index (χ1n) is 16.0. The summed E-state index contributed by atoms with van der Waals surface area (Å²) >= 11 is 0. The monoisotopic (exact) mass is 611 g/mol. The molecule has 1 atom stereocenters. The SMILES string of the molecule is CC[C@H]1CCCCN1c1ccc([N+](=O)[O-])cc1C=Nc1ccc(N2CCCCC2)c(S(=O)(=O)N(CC(C)C)CC(C)C)c1. The first-order valence-corrected chi connectivity index (χ1v) is 17.4. The van der Waals surface area contributed by atoms with Gasteiger partial charge in [0.1, 0.15) is 4.90 Å². The maximum absolute atomic E-state index is 14.3. The van der Waals surface area contributed by atoms with E-state index in [9.17, 15) is 18.5 Å². The average molecular weight is 612 g/mol. The lowest BCUT2D eigenvalue weighted by molar-refractivity contribution is -0.384. The molecule has 0 bridgehead atoms. The topological polar surface area (TPSA) is 99.4 Å². The fraction of sp³-hybridized carbons (Fsp3) is 0.606. The molecule has 2 saturated heterocycles. The van der Waals surface area contributed by atoms with Crippen LogP contribution in [-0.4, -0.2) is 62.6 Å². The number of piperidine rings is 2. The number of hydrogen-bond acceptors (Lipinski definition) is 7. The number of aliphatic imine (C=N–C) groups is 1. The van der Waals surface area contributed by atoms with Gasteiger partial charge in [-0.15, -0.1) is 0 Å². The van der Waals surface area contributed by atoms with E-state index in [2.05, 4.69) is 16.7 Å². The normalized spacial score (nSPS) is 18.4. The first kappa shape index (κ1) is 32.9. The molecule has 0 saturated carbocycles. The summed E-state index contributed by atoms with van der Waals surface area (Å²) in [4.78, 5) is 20.8. The Hall–Kier alpha value is -2.98. The third-order valence-corrected chi connectivity index (χ3v) is 10.2. The van der Waals surface area contributed by atoms with Crippen LogP contribution in [-0.2, 0) is 10.0 Å². The molecule has 2 aliphatic rings. The van der Waals surface area contributed by atoms with Crippen LogP contribution in [0.25, 0.3) is 0 Å². The van der Waals surface area contributed by atoms with E-state index in [1.807, 2.05) is 45.9 Å². The van der Waals surface area contributed by atoms with Gasteiger partial charge in [-0.25, -0.2) is 8.42 Å². The maximum Gasteiger partial charge on any atom is 0.270 e. The molecule has 236 valence electrons. The van der Waals surface area contributed by atoms with Gasteiger partial charge in [0.05, 0.1) is 16.3 Å². The van der Waals surface area contributed by atoms with Crippen LogP contribution < -0.4 is 9.80 Å². The number of benzene rings is 2. The van der Waals surface area contributed by atoms with Crippen LogP contribution in [0.15, 0.2) is 46.3 Å². The predicted octanol–water partition coefficient (Wildman–Crippen LogP) is 7.41. The van der Waals surface area contributed by atoms with E-state index in [1.54, 1.807) is 28.7 Å². The molecular formula is C33H49N5O4S. The van der Waals surface area contributed by atoms with Gasteiger partial charge in [0.15, 0.2) is 0 Å². The second-order valence-corrected chi connectivity index (χ2v) is 14.7. The minimum Gasteiger partial charge on any atom is -0.370 e. The fourth-order valence-corrected chi connectivity index (χ4v) is 8.31. The van der Waals surface area contributed by atoms with Crippen LogP contribution >= 0.6 is 0 Å². The molecule has 43 heavy (non-hydrogen) atoms. The highest BCUT2D eigenvalue weighted by atomic mass is 32.2. The van der Waals surface area contributed by atoms with Crippen molar-refractivity contribution < 1.29 is 13.3 Å². The average Bonchev–Trinajstić information content (AvgIpc) is 2.99. The van der Waals surface area contributed by atoms with Crippen molar-refractivity contribution in [2.24, 2.45) is 16.8 Å². The van der Waals surface area contributed by atoms with Gasteiger partial charge in [0.25, 0.3) is 5.69 Å². The van der Waals surface area contributed by atoms with Gasteiger partial charge in [-0.1, -0.05) is 34.6 Å². The quantitative estimate of drug-likeness (QED) is 0.141. The highest BCUT2D eigenvalue weighted by molar-refractivity contribution is 7.89. The Kier molecular flexibility index (Phi) is 11.2. The van der Waals surface area contributed by atoms with Crippen molar-refractivity contribution in [3.05, 3.63) is 52.1 Å². The summed E-state index contributed by atoms with van der Waals surface area (Å²) in [5, 5.41) is 11.7. The van der Waals surface area contributed by atoms with Gasteiger partial charge in [-0.3, -0.25) is 15.1 Å². The smallest absolute Gasteiger partial charge is 0.270 e. The van der Waals surface area contributed by atoms with E-state index in [0.29, 0.717) is 30.4 Å². The second-order valence-electron chi connectivity index (χ2n) is 12.8. The van der Waals surface area contributed by atoms with Crippen molar-refractivity contribution in [1.82, 2.24) is 4.31 Å². The van der Waals surface area contributed by atoms with Crippen LogP contribution in [0.4, 0.5) is 22.7 Å². The minimum absolute atomic E-state index is 0.0111. The minimum atomic E-state index is -3.81. The zero-order valence-electron chi connectivity index (χ0n) is 26.5. The van der Waals surface area contributed by atoms with E-state index in [-0.39, 0.29) is 27.3 Å². The third kappa shape index (κ3) is 8.15. The van der Waals surface area contributed by atoms with Crippen LogP contribution in [0.1, 0.15) is 85.1 Å². The number of anilines is 2. The summed E-state index contributed by atoms with van der Waals surface area (Å²) in [5.74, 6) is 0.365. The molecule has 2 aliphatic heterocycles. The summed E-state index contributed by atoms with van der Waals surface area (Å²) in [7, 11) is -3.81.